The second kappa shape index (κ2) is 8.42. The third-order valence-corrected chi connectivity index (χ3v) is 11.8. The highest BCUT2D eigenvalue weighted by atomic mass is 28.4. The van der Waals surface area contributed by atoms with Crippen molar-refractivity contribution in [1.82, 2.24) is 0 Å². The Kier molecular flexibility index (Phi) is 6.24. The molecule has 0 aromatic rings. The first kappa shape index (κ1) is 21.5. The van der Waals surface area contributed by atoms with Gasteiger partial charge in [0.1, 0.15) is 0 Å². The molecule has 3 saturated carbocycles. The zero-order chi connectivity index (χ0) is 20.8. The molecule has 4 rings (SSSR count). The number of aliphatic hydroxyl groups excluding tert-OH is 1. The summed E-state index contributed by atoms with van der Waals surface area (Å²) in [6.45, 7) is 3.49. The molecule has 0 radical (unpaired) electrons. The molecular formula is C22H36O6Si. The lowest BCUT2D eigenvalue weighted by Crippen LogP contribution is -2.44. The summed E-state index contributed by atoms with van der Waals surface area (Å²) in [5, 5.41) is 19.5. The molecule has 3 fully saturated rings. The van der Waals surface area contributed by atoms with Gasteiger partial charge in [-0.3, -0.25) is 4.79 Å². The van der Waals surface area contributed by atoms with E-state index in [2.05, 4.69) is 13.0 Å². The monoisotopic (exact) mass is 424 g/mol. The summed E-state index contributed by atoms with van der Waals surface area (Å²) in [5.41, 5.74) is 1.55. The van der Waals surface area contributed by atoms with E-state index < -0.39 is 14.5 Å². The first-order valence-corrected chi connectivity index (χ1v) is 13.4. The summed E-state index contributed by atoms with van der Waals surface area (Å²) < 4.78 is 16.7. The number of aliphatic hydroxyl groups is 1. The van der Waals surface area contributed by atoms with E-state index in [4.69, 9.17) is 13.6 Å². The number of allylic oxidation sites excluding steroid dienone is 2. The predicted octanol–water partition coefficient (Wildman–Crippen LogP) is 2.84. The molecule has 6 nitrogen and oxygen atoms in total. The van der Waals surface area contributed by atoms with Crippen molar-refractivity contribution in [3.05, 3.63) is 11.6 Å². The number of hydrogen-bond acceptors (Lipinski definition) is 5. The van der Waals surface area contributed by atoms with Crippen LogP contribution < -0.4 is 0 Å². The van der Waals surface area contributed by atoms with Crippen molar-refractivity contribution < 1.29 is 28.6 Å². The zero-order valence-electron chi connectivity index (χ0n) is 17.9. The lowest BCUT2D eigenvalue weighted by atomic mass is 9.63. The van der Waals surface area contributed by atoms with Crippen molar-refractivity contribution >= 4 is 14.5 Å². The van der Waals surface area contributed by atoms with Gasteiger partial charge < -0.3 is 23.8 Å². The van der Waals surface area contributed by atoms with Crippen molar-refractivity contribution in [2.75, 3.05) is 33.7 Å². The van der Waals surface area contributed by atoms with Gasteiger partial charge in [-0.05, 0) is 80.1 Å². The van der Waals surface area contributed by atoms with Crippen molar-refractivity contribution in [3.63, 3.8) is 0 Å². The molecule has 4 aliphatic rings. The van der Waals surface area contributed by atoms with Crippen molar-refractivity contribution in [2.45, 2.75) is 38.7 Å². The number of carboxylic acid groups (broad SMARTS) is 1. The number of hydrogen-bond donors (Lipinski definition) is 2. The number of ether oxygens (including phenoxy) is 1. The minimum absolute atomic E-state index is 0.0516. The number of carbonyl (C=O) groups is 1. The van der Waals surface area contributed by atoms with Crippen LogP contribution >= 0.6 is 0 Å². The van der Waals surface area contributed by atoms with Crippen molar-refractivity contribution in [3.8, 4) is 0 Å². The fourth-order valence-corrected chi connectivity index (χ4v) is 9.23. The van der Waals surface area contributed by atoms with Crippen LogP contribution in [0, 0.1) is 47.3 Å². The summed E-state index contributed by atoms with van der Waals surface area (Å²) >= 11 is 0. The van der Waals surface area contributed by atoms with Crippen LogP contribution in [0.2, 0.25) is 6.04 Å². The quantitative estimate of drug-likeness (QED) is 0.230. The topological polar surface area (TPSA) is 85.2 Å². The molecule has 0 amide bonds. The molecule has 0 aromatic heterocycles. The maximum Gasteiger partial charge on any atom is 0.364 e. The van der Waals surface area contributed by atoms with Crippen LogP contribution in [0.4, 0.5) is 0 Å². The number of aliphatic carboxylic acids is 1. The summed E-state index contributed by atoms with van der Waals surface area (Å²) in [7, 11) is 0.705. The molecule has 8 atom stereocenters. The molecule has 7 heteroatoms. The van der Waals surface area contributed by atoms with Crippen LogP contribution in [0.3, 0.4) is 0 Å². The highest BCUT2D eigenvalue weighted by Crippen LogP contribution is 2.70. The van der Waals surface area contributed by atoms with Gasteiger partial charge in [-0.25, -0.2) is 0 Å². The van der Waals surface area contributed by atoms with Crippen LogP contribution in [0.5, 0.6) is 0 Å². The standard InChI is InChI=1S/C22H36O6Si/c1-13-9-14-10-16(13)20-17-11-18(19(14)20)21(22(24)25)15(17)5-7-28-6-4-8-29(12-23,26-2)27-3/h9,14-21,23H,4-8,10-12H2,1-3H3,(H,24,25). The second-order valence-corrected chi connectivity index (χ2v) is 13.1. The molecular weight excluding hydrogens is 388 g/mol. The third-order valence-electron chi connectivity index (χ3n) is 8.71. The number of carboxylic acids is 1. The van der Waals surface area contributed by atoms with Crippen molar-refractivity contribution in [1.29, 1.82) is 0 Å². The first-order chi connectivity index (χ1) is 14.0. The summed E-state index contributed by atoms with van der Waals surface area (Å²) in [6, 6.07) is 0.695. The van der Waals surface area contributed by atoms with Gasteiger partial charge in [0.05, 0.1) is 12.1 Å². The Morgan fingerprint density at radius 3 is 2.59 bits per heavy atom. The second-order valence-electron chi connectivity index (χ2n) is 9.64. The van der Waals surface area contributed by atoms with Gasteiger partial charge in [-0.1, -0.05) is 11.6 Å². The normalized spacial score (nSPS) is 39.8. The predicted molar refractivity (Wildman–Crippen MR) is 110 cm³/mol. The van der Waals surface area contributed by atoms with E-state index in [1.165, 1.54) is 6.42 Å². The fraction of sp³-hybridized carbons (Fsp3) is 0.864. The van der Waals surface area contributed by atoms with E-state index in [1.807, 2.05) is 0 Å². The third kappa shape index (κ3) is 3.53. The SMILES string of the molecule is CO[Si](CO)(CCCOCCC1C2CC(C1C(=O)O)C1C3C=C(C)C(C3)C21)OC. The highest BCUT2D eigenvalue weighted by Gasteiger charge is 2.66. The Bertz CT molecular complexity index is 639. The molecule has 0 aromatic carbocycles. The minimum Gasteiger partial charge on any atom is -0.481 e. The lowest BCUT2D eigenvalue weighted by Gasteiger charge is -2.41. The van der Waals surface area contributed by atoms with E-state index >= 15 is 0 Å². The lowest BCUT2D eigenvalue weighted by molar-refractivity contribution is -0.148. The smallest absolute Gasteiger partial charge is 0.364 e. The molecule has 29 heavy (non-hydrogen) atoms. The fourth-order valence-electron chi connectivity index (χ4n) is 7.56. The number of fused-ring (bicyclic) bond motifs is 9. The van der Waals surface area contributed by atoms with Crippen LogP contribution in [0.25, 0.3) is 0 Å². The van der Waals surface area contributed by atoms with Crippen LogP contribution in [-0.2, 0) is 18.4 Å². The molecule has 4 aliphatic carbocycles. The van der Waals surface area contributed by atoms with Crippen LogP contribution in [0.1, 0.15) is 32.6 Å². The Morgan fingerprint density at radius 1 is 1.17 bits per heavy atom. The zero-order valence-corrected chi connectivity index (χ0v) is 18.9. The van der Waals surface area contributed by atoms with E-state index in [0.29, 0.717) is 48.8 Å². The Hall–Kier alpha value is -0.733. The van der Waals surface area contributed by atoms with Gasteiger partial charge in [0, 0.05) is 27.4 Å². The van der Waals surface area contributed by atoms with Crippen LogP contribution in [-0.4, -0.2) is 58.4 Å². The minimum atomic E-state index is -2.48. The van der Waals surface area contributed by atoms with E-state index in [0.717, 1.165) is 25.2 Å². The molecule has 2 N–H and O–H groups in total. The average Bonchev–Trinajstić information content (AvgIpc) is 3.45. The van der Waals surface area contributed by atoms with E-state index in [-0.39, 0.29) is 18.1 Å². The van der Waals surface area contributed by atoms with Gasteiger partial charge in [-0.15, -0.1) is 0 Å². The average molecular weight is 425 g/mol. The Morgan fingerprint density at radius 2 is 1.93 bits per heavy atom. The maximum absolute atomic E-state index is 12.1. The molecule has 0 heterocycles. The molecule has 164 valence electrons. The Labute approximate surface area is 174 Å². The molecule has 0 spiro atoms. The van der Waals surface area contributed by atoms with Gasteiger partial charge >= 0.3 is 14.5 Å². The van der Waals surface area contributed by atoms with Gasteiger partial charge in [0.2, 0.25) is 0 Å². The molecule has 0 aliphatic heterocycles. The van der Waals surface area contributed by atoms with E-state index in [1.54, 1.807) is 19.8 Å². The maximum atomic E-state index is 12.1. The first-order valence-electron chi connectivity index (χ1n) is 11.2. The van der Waals surface area contributed by atoms with Gasteiger partial charge in [-0.2, -0.15) is 0 Å². The number of rotatable bonds is 11. The Balaban J connectivity index is 1.29. The van der Waals surface area contributed by atoms with Crippen LogP contribution in [0.15, 0.2) is 11.6 Å². The van der Waals surface area contributed by atoms with Gasteiger partial charge in [0.25, 0.3) is 0 Å². The van der Waals surface area contributed by atoms with Gasteiger partial charge in [0.15, 0.2) is 0 Å². The highest BCUT2D eigenvalue weighted by molar-refractivity contribution is 6.67. The molecule has 0 saturated heterocycles. The summed E-state index contributed by atoms with van der Waals surface area (Å²) in [6.07, 6.45) is 6.39. The van der Waals surface area contributed by atoms with Crippen molar-refractivity contribution in [2.24, 2.45) is 47.3 Å². The molecule has 4 bridgehead atoms. The summed E-state index contributed by atoms with van der Waals surface area (Å²) in [4.78, 5) is 12.1. The largest absolute Gasteiger partial charge is 0.481 e. The summed E-state index contributed by atoms with van der Waals surface area (Å²) in [5.74, 6) is 3.08. The molecule has 8 unspecified atom stereocenters. The van der Waals surface area contributed by atoms with E-state index in [9.17, 15) is 15.0 Å².